The second-order valence-electron chi connectivity index (χ2n) is 4.76. The monoisotopic (exact) mass is 272 g/mol. The number of nitrogens with one attached hydrogen (secondary N) is 1. The van der Waals surface area contributed by atoms with Crippen LogP contribution in [-0.2, 0) is 0 Å². The second kappa shape index (κ2) is 6.34. The average Bonchev–Trinajstić information content (AvgIpc) is 2.46. The number of hydrogen-bond donors (Lipinski definition) is 2. The number of hydrogen-bond acceptors (Lipinski definition) is 5. The van der Waals surface area contributed by atoms with E-state index in [2.05, 4.69) is 35.3 Å². The van der Waals surface area contributed by atoms with Gasteiger partial charge in [-0.3, -0.25) is 5.43 Å². The molecule has 0 spiro atoms. The predicted octanol–water partition coefficient (Wildman–Crippen LogP) is 3.38. The zero-order chi connectivity index (χ0) is 14.5. The third kappa shape index (κ3) is 3.24. The Kier molecular flexibility index (Phi) is 4.53. The molecule has 1 unspecified atom stereocenters. The maximum Gasteiger partial charge on any atom is 0.240 e. The van der Waals surface area contributed by atoms with Crippen molar-refractivity contribution in [1.82, 2.24) is 9.97 Å². The first-order valence-electron chi connectivity index (χ1n) is 6.73. The number of aromatic nitrogens is 2. The van der Waals surface area contributed by atoms with Gasteiger partial charge in [0.05, 0.1) is 0 Å². The van der Waals surface area contributed by atoms with E-state index in [0.29, 0.717) is 17.7 Å². The topological polar surface area (TPSA) is 73.1 Å². The van der Waals surface area contributed by atoms with E-state index in [4.69, 9.17) is 10.6 Å². The number of para-hydroxylation sites is 1. The number of hydrazine groups is 1. The van der Waals surface area contributed by atoms with Gasteiger partial charge in [0, 0.05) is 11.8 Å². The highest BCUT2D eigenvalue weighted by Crippen LogP contribution is 2.31. The van der Waals surface area contributed by atoms with Crippen LogP contribution in [0.5, 0.6) is 11.6 Å². The Bertz CT molecular complexity index is 586. The molecule has 2 aromatic rings. The SMILES string of the molecule is CCC(C)c1ccccc1Oc1cc(C)nc(NN)n1. The summed E-state index contributed by atoms with van der Waals surface area (Å²) in [5.74, 6) is 7.44. The van der Waals surface area contributed by atoms with Gasteiger partial charge in [-0.05, 0) is 30.9 Å². The highest BCUT2D eigenvalue weighted by atomic mass is 16.5. The summed E-state index contributed by atoms with van der Waals surface area (Å²) in [4.78, 5) is 8.34. The standard InChI is InChI=1S/C15H20N4O/c1-4-10(2)12-7-5-6-8-13(12)20-14-9-11(3)17-15(18-14)19-16/h5-10H,4,16H2,1-3H3,(H,17,18,19). The van der Waals surface area contributed by atoms with Crippen LogP contribution >= 0.6 is 0 Å². The summed E-state index contributed by atoms with van der Waals surface area (Å²) >= 11 is 0. The zero-order valence-corrected chi connectivity index (χ0v) is 12.1. The van der Waals surface area contributed by atoms with Crippen LogP contribution in [0, 0.1) is 6.92 Å². The average molecular weight is 272 g/mol. The molecule has 1 atom stereocenters. The number of nitrogens with two attached hydrogens (primary N) is 1. The van der Waals surface area contributed by atoms with Gasteiger partial charge >= 0.3 is 0 Å². The Balaban J connectivity index is 2.32. The predicted molar refractivity (Wildman–Crippen MR) is 79.8 cm³/mol. The summed E-state index contributed by atoms with van der Waals surface area (Å²) in [6.07, 6.45) is 1.05. The van der Waals surface area contributed by atoms with Crippen LogP contribution < -0.4 is 16.0 Å². The molecule has 2 rings (SSSR count). The van der Waals surface area contributed by atoms with Crippen molar-refractivity contribution in [2.45, 2.75) is 33.1 Å². The minimum atomic E-state index is 0.348. The molecule has 0 bridgehead atoms. The molecule has 0 radical (unpaired) electrons. The van der Waals surface area contributed by atoms with Gasteiger partial charge in [0.1, 0.15) is 5.75 Å². The van der Waals surface area contributed by atoms with E-state index in [1.54, 1.807) is 6.07 Å². The number of anilines is 1. The lowest BCUT2D eigenvalue weighted by Gasteiger charge is -2.15. The van der Waals surface area contributed by atoms with Crippen molar-refractivity contribution >= 4 is 5.95 Å². The summed E-state index contributed by atoms with van der Waals surface area (Å²) in [5, 5.41) is 0. The highest BCUT2D eigenvalue weighted by Gasteiger charge is 2.11. The molecule has 1 aromatic heterocycles. The largest absolute Gasteiger partial charge is 0.439 e. The fourth-order valence-corrected chi connectivity index (χ4v) is 1.97. The molecule has 0 aliphatic heterocycles. The van der Waals surface area contributed by atoms with Crippen LogP contribution in [0.25, 0.3) is 0 Å². The van der Waals surface area contributed by atoms with Crippen LogP contribution in [0.1, 0.15) is 37.4 Å². The van der Waals surface area contributed by atoms with E-state index in [9.17, 15) is 0 Å². The molecule has 1 heterocycles. The number of benzene rings is 1. The van der Waals surface area contributed by atoms with E-state index in [0.717, 1.165) is 17.9 Å². The van der Waals surface area contributed by atoms with Crippen molar-refractivity contribution < 1.29 is 4.74 Å². The molecule has 1 aromatic carbocycles. The quantitative estimate of drug-likeness (QED) is 0.645. The maximum atomic E-state index is 5.91. The smallest absolute Gasteiger partial charge is 0.240 e. The lowest BCUT2D eigenvalue weighted by Crippen LogP contribution is -2.11. The van der Waals surface area contributed by atoms with Crippen LogP contribution in [0.15, 0.2) is 30.3 Å². The molecule has 0 saturated carbocycles. The van der Waals surface area contributed by atoms with Gasteiger partial charge in [-0.1, -0.05) is 32.0 Å². The Hall–Kier alpha value is -2.14. The van der Waals surface area contributed by atoms with Crippen molar-refractivity contribution in [3.8, 4) is 11.6 Å². The van der Waals surface area contributed by atoms with Gasteiger partial charge in [0.15, 0.2) is 0 Å². The minimum Gasteiger partial charge on any atom is -0.439 e. The van der Waals surface area contributed by atoms with Crippen molar-refractivity contribution in [3.05, 3.63) is 41.6 Å². The van der Waals surface area contributed by atoms with E-state index < -0.39 is 0 Å². The third-order valence-corrected chi connectivity index (χ3v) is 3.24. The van der Waals surface area contributed by atoms with E-state index >= 15 is 0 Å². The van der Waals surface area contributed by atoms with Gasteiger partial charge < -0.3 is 4.74 Å². The molecule has 0 aliphatic rings. The van der Waals surface area contributed by atoms with Crippen LogP contribution in [-0.4, -0.2) is 9.97 Å². The zero-order valence-electron chi connectivity index (χ0n) is 12.1. The molecule has 0 amide bonds. The molecule has 0 aliphatic carbocycles. The number of nitrogen functional groups attached to an aromatic ring is 1. The lowest BCUT2D eigenvalue weighted by atomic mass is 9.98. The van der Waals surface area contributed by atoms with Crippen molar-refractivity contribution in [2.24, 2.45) is 5.84 Å². The normalized spacial score (nSPS) is 12.0. The molecular weight excluding hydrogens is 252 g/mol. The maximum absolute atomic E-state index is 5.91. The lowest BCUT2D eigenvalue weighted by molar-refractivity contribution is 0.451. The molecule has 5 nitrogen and oxygen atoms in total. The summed E-state index contributed by atoms with van der Waals surface area (Å²) < 4.78 is 5.91. The van der Waals surface area contributed by atoms with Gasteiger partial charge in [0.25, 0.3) is 0 Å². The highest BCUT2D eigenvalue weighted by molar-refractivity contribution is 5.39. The summed E-state index contributed by atoms with van der Waals surface area (Å²) in [7, 11) is 0. The Labute approximate surface area is 119 Å². The summed E-state index contributed by atoms with van der Waals surface area (Å²) in [6, 6.07) is 9.80. The first-order chi connectivity index (χ1) is 9.63. The van der Waals surface area contributed by atoms with E-state index in [1.807, 2.05) is 25.1 Å². The van der Waals surface area contributed by atoms with Crippen LogP contribution in [0.2, 0.25) is 0 Å². The number of ether oxygens (including phenoxy) is 1. The Morgan fingerprint density at radius 2 is 2.05 bits per heavy atom. The Morgan fingerprint density at radius 3 is 2.75 bits per heavy atom. The molecule has 0 fully saturated rings. The molecule has 20 heavy (non-hydrogen) atoms. The molecule has 106 valence electrons. The van der Waals surface area contributed by atoms with Crippen LogP contribution in [0.4, 0.5) is 5.95 Å². The molecular formula is C15H20N4O. The van der Waals surface area contributed by atoms with Crippen molar-refractivity contribution in [2.75, 3.05) is 5.43 Å². The Morgan fingerprint density at radius 1 is 1.30 bits per heavy atom. The van der Waals surface area contributed by atoms with E-state index in [1.165, 1.54) is 5.56 Å². The van der Waals surface area contributed by atoms with Crippen LogP contribution in [0.3, 0.4) is 0 Å². The number of aryl methyl sites for hydroxylation is 1. The fourth-order valence-electron chi connectivity index (χ4n) is 1.97. The number of nitrogens with zero attached hydrogens (tertiary/aromatic N) is 2. The molecule has 0 saturated heterocycles. The minimum absolute atomic E-state index is 0.348. The van der Waals surface area contributed by atoms with Crippen molar-refractivity contribution in [3.63, 3.8) is 0 Å². The summed E-state index contributed by atoms with van der Waals surface area (Å²) in [5.41, 5.74) is 4.41. The molecule has 3 N–H and O–H groups in total. The first-order valence-corrected chi connectivity index (χ1v) is 6.73. The first kappa shape index (κ1) is 14.3. The number of rotatable bonds is 5. The second-order valence-corrected chi connectivity index (χ2v) is 4.76. The van der Waals surface area contributed by atoms with Gasteiger partial charge in [-0.2, -0.15) is 4.98 Å². The van der Waals surface area contributed by atoms with Gasteiger partial charge in [0.2, 0.25) is 11.8 Å². The van der Waals surface area contributed by atoms with Crippen molar-refractivity contribution in [1.29, 1.82) is 0 Å². The summed E-state index contributed by atoms with van der Waals surface area (Å²) in [6.45, 7) is 6.21. The van der Waals surface area contributed by atoms with Gasteiger partial charge in [-0.15, -0.1) is 0 Å². The third-order valence-electron chi connectivity index (χ3n) is 3.24. The fraction of sp³-hybridized carbons (Fsp3) is 0.333. The van der Waals surface area contributed by atoms with Gasteiger partial charge in [-0.25, -0.2) is 10.8 Å². The van der Waals surface area contributed by atoms with E-state index in [-0.39, 0.29) is 0 Å². The molecule has 5 heteroatoms.